The van der Waals surface area contributed by atoms with Crippen molar-refractivity contribution in [2.24, 2.45) is 11.7 Å². The van der Waals surface area contributed by atoms with Crippen molar-refractivity contribution in [1.82, 2.24) is 10.2 Å². The summed E-state index contributed by atoms with van der Waals surface area (Å²) < 4.78 is 0. The van der Waals surface area contributed by atoms with Crippen molar-refractivity contribution in [2.75, 3.05) is 20.1 Å². The highest BCUT2D eigenvalue weighted by Crippen LogP contribution is 2.16. The molecule has 3 N–H and O–H groups in total. The van der Waals surface area contributed by atoms with E-state index in [9.17, 15) is 4.79 Å². The molecular formula is C12H25N3O. The molecule has 1 unspecified atom stereocenters. The molecule has 0 bridgehead atoms. The number of nitrogens with one attached hydrogen (secondary N) is 1. The van der Waals surface area contributed by atoms with Gasteiger partial charge in [0.2, 0.25) is 5.91 Å². The van der Waals surface area contributed by atoms with E-state index in [2.05, 4.69) is 17.3 Å². The van der Waals surface area contributed by atoms with Gasteiger partial charge in [-0.2, -0.15) is 0 Å². The minimum atomic E-state index is -0.374. The van der Waals surface area contributed by atoms with Crippen LogP contribution in [0.2, 0.25) is 0 Å². The van der Waals surface area contributed by atoms with Crippen LogP contribution in [-0.2, 0) is 4.79 Å². The van der Waals surface area contributed by atoms with Gasteiger partial charge in [-0.25, -0.2) is 0 Å². The molecule has 4 nitrogen and oxygen atoms in total. The molecule has 1 fully saturated rings. The Morgan fingerprint density at radius 1 is 1.56 bits per heavy atom. The average Bonchev–Trinajstić information content (AvgIpc) is 2.63. The van der Waals surface area contributed by atoms with Crippen LogP contribution in [0.25, 0.3) is 0 Å². The van der Waals surface area contributed by atoms with Crippen LogP contribution < -0.4 is 11.1 Å². The number of rotatable bonds is 5. The summed E-state index contributed by atoms with van der Waals surface area (Å²) in [6, 6.07) is 0.261. The Bertz CT molecular complexity index is 230. The van der Waals surface area contributed by atoms with E-state index in [0.717, 1.165) is 13.0 Å². The Hall–Kier alpha value is -0.610. The second-order valence-corrected chi connectivity index (χ2v) is 5.13. The first-order chi connectivity index (χ1) is 7.52. The van der Waals surface area contributed by atoms with Crippen LogP contribution in [0.3, 0.4) is 0 Å². The largest absolute Gasteiger partial charge is 0.355 e. The van der Waals surface area contributed by atoms with E-state index in [1.54, 1.807) is 0 Å². The highest BCUT2D eigenvalue weighted by molar-refractivity contribution is 5.81. The van der Waals surface area contributed by atoms with E-state index in [4.69, 9.17) is 5.73 Å². The van der Waals surface area contributed by atoms with Crippen LogP contribution in [0.5, 0.6) is 0 Å². The van der Waals surface area contributed by atoms with Crippen molar-refractivity contribution in [2.45, 2.75) is 45.2 Å². The van der Waals surface area contributed by atoms with Crippen molar-refractivity contribution in [1.29, 1.82) is 0 Å². The fourth-order valence-electron chi connectivity index (χ4n) is 2.13. The molecule has 1 heterocycles. The van der Waals surface area contributed by atoms with Crippen molar-refractivity contribution in [3.8, 4) is 0 Å². The zero-order chi connectivity index (χ0) is 12.1. The molecule has 0 aromatic rings. The number of carbonyl (C=O) groups is 1. The maximum Gasteiger partial charge on any atom is 0.237 e. The van der Waals surface area contributed by atoms with Gasteiger partial charge >= 0.3 is 0 Å². The molecule has 0 spiro atoms. The Kier molecular flexibility index (Phi) is 5.22. The minimum Gasteiger partial charge on any atom is -0.355 e. The number of hydrogen-bond acceptors (Lipinski definition) is 3. The Labute approximate surface area is 98.6 Å². The summed E-state index contributed by atoms with van der Waals surface area (Å²) in [6.45, 7) is 5.86. The van der Waals surface area contributed by atoms with E-state index in [0.29, 0.717) is 6.04 Å². The van der Waals surface area contributed by atoms with E-state index < -0.39 is 0 Å². The zero-order valence-corrected chi connectivity index (χ0v) is 10.7. The number of nitrogens with zero attached hydrogens (tertiary/aromatic N) is 1. The van der Waals surface area contributed by atoms with Crippen molar-refractivity contribution in [3.63, 3.8) is 0 Å². The number of nitrogens with two attached hydrogens (primary N) is 1. The smallest absolute Gasteiger partial charge is 0.237 e. The molecule has 1 amide bonds. The van der Waals surface area contributed by atoms with Crippen LogP contribution in [0.15, 0.2) is 0 Å². The maximum atomic E-state index is 11.6. The zero-order valence-electron chi connectivity index (χ0n) is 10.7. The lowest BCUT2D eigenvalue weighted by atomic mass is 10.0. The van der Waals surface area contributed by atoms with E-state index in [1.807, 2.05) is 13.8 Å². The van der Waals surface area contributed by atoms with Gasteiger partial charge in [-0.3, -0.25) is 4.79 Å². The summed E-state index contributed by atoms with van der Waals surface area (Å²) >= 11 is 0. The van der Waals surface area contributed by atoms with Crippen LogP contribution in [0.1, 0.15) is 33.1 Å². The van der Waals surface area contributed by atoms with Crippen LogP contribution >= 0.6 is 0 Å². The molecular weight excluding hydrogens is 202 g/mol. The first-order valence-electron chi connectivity index (χ1n) is 6.26. The summed E-state index contributed by atoms with van der Waals surface area (Å²) in [5.41, 5.74) is 5.76. The summed E-state index contributed by atoms with van der Waals surface area (Å²) in [4.78, 5) is 14.0. The molecule has 1 saturated heterocycles. The third kappa shape index (κ3) is 3.76. The van der Waals surface area contributed by atoms with Gasteiger partial charge in [-0.15, -0.1) is 0 Å². The normalized spacial score (nSPS) is 23.7. The fraction of sp³-hybridized carbons (Fsp3) is 0.917. The Morgan fingerprint density at radius 3 is 2.75 bits per heavy atom. The van der Waals surface area contributed by atoms with Crippen molar-refractivity contribution in [3.05, 3.63) is 0 Å². The van der Waals surface area contributed by atoms with Gasteiger partial charge in [0, 0.05) is 12.6 Å². The quantitative estimate of drug-likeness (QED) is 0.722. The first kappa shape index (κ1) is 13.5. The molecule has 0 saturated carbocycles. The molecule has 1 aliphatic heterocycles. The lowest BCUT2D eigenvalue weighted by Crippen LogP contribution is -2.45. The second-order valence-electron chi connectivity index (χ2n) is 5.13. The van der Waals surface area contributed by atoms with Crippen LogP contribution in [0.4, 0.5) is 0 Å². The van der Waals surface area contributed by atoms with Crippen molar-refractivity contribution >= 4 is 5.91 Å². The molecule has 1 aliphatic rings. The predicted octanol–water partition coefficient (Wildman–Crippen LogP) is 0.570. The van der Waals surface area contributed by atoms with Crippen LogP contribution in [-0.4, -0.2) is 43.0 Å². The van der Waals surface area contributed by atoms with Gasteiger partial charge in [-0.1, -0.05) is 13.8 Å². The third-order valence-corrected chi connectivity index (χ3v) is 3.47. The van der Waals surface area contributed by atoms with Gasteiger partial charge in [0.1, 0.15) is 0 Å². The molecule has 0 aromatic heterocycles. The summed E-state index contributed by atoms with van der Waals surface area (Å²) in [5, 5.41) is 2.92. The van der Waals surface area contributed by atoms with E-state index in [1.165, 1.54) is 19.4 Å². The molecule has 16 heavy (non-hydrogen) atoms. The molecule has 0 radical (unpaired) electrons. The number of hydrogen-bond donors (Lipinski definition) is 2. The van der Waals surface area contributed by atoms with Gasteiger partial charge in [0.25, 0.3) is 0 Å². The standard InChI is InChI=1S/C12H25N3O/c1-9(2)11(13)12(16)14-7-6-10-5-4-8-15(10)3/h9-11H,4-8,13H2,1-3H3,(H,14,16)/t10?,11-/m1/s1. The molecule has 1 rings (SSSR count). The van der Waals surface area contributed by atoms with Gasteiger partial charge in [0.15, 0.2) is 0 Å². The minimum absolute atomic E-state index is 0.0179. The average molecular weight is 227 g/mol. The first-order valence-corrected chi connectivity index (χ1v) is 6.26. The lowest BCUT2D eigenvalue weighted by Gasteiger charge is -2.20. The predicted molar refractivity (Wildman–Crippen MR) is 66.1 cm³/mol. The Balaban J connectivity index is 2.17. The van der Waals surface area contributed by atoms with Gasteiger partial charge in [0.05, 0.1) is 6.04 Å². The van der Waals surface area contributed by atoms with E-state index >= 15 is 0 Å². The summed E-state index contributed by atoms with van der Waals surface area (Å²) in [5.74, 6) is 0.185. The highest BCUT2D eigenvalue weighted by Gasteiger charge is 2.21. The summed E-state index contributed by atoms with van der Waals surface area (Å²) in [6.07, 6.45) is 3.57. The van der Waals surface area contributed by atoms with Gasteiger partial charge < -0.3 is 16.0 Å². The highest BCUT2D eigenvalue weighted by atomic mass is 16.2. The van der Waals surface area contributed by atoms with Crippen molar-refractivity contribution < 1.29 is 4.79 Å². The summed E-state index contributed by atoms with van der Waals surface area (Å²) in [7, 11) is 2.15. The number of amides is 1. The SMILES string of the molecule is CC(C)[C@@H](N)C(=O)NCCC1CCCN1C. The maximum absolute atomic E-state index is 11.6. The topological polar surface area (TPSA) is 58.4 Å². The van der Waals surface area contributed by atoms with E-state index in [-0.39, 0.29) is 17.9 Å². The molecule has 2 atom stereocenters. The number of likely N-dealkylation sites (tertiary alicyclic amines) is 1. The molecule has 0 aliphatic carbocycles. The second kappa shape index (κ2) is 6.21. The molecule has 0 aromatic carbocycles. The Morgan fingerprint density at radius 2 is 2.25 bits per heavy atom. The van der Waals surface area contributed by atoms with Gasteiger partial charge in [-0.05, 0) is 38.8 Å². The monoisotopic (exact) mass is 227 g/mol. The third-order valence-electron chi connectivity index (χ3n) is 3.47. The number of carbonyl (C=O) groups excluding carboxylic acids is 1. The molecule has 94 valence electrons. The fourth-order valence-corrected chi connectivity index (χ4v) is 2.13. The lowest BCUT2D eigenvalue weighted by molar-refractivity contribution is -0.123. The molecule has 4 heteroatoms. The van der Waals surface area contributed by atoms with Crippen LogP contribution in [0, 0.1) is 5.92 Å².